The van der Waals surface area contributed by atoms with Crippen LogP contribution in [-0.4, -0.2) is 50.3 Å². The number of nitrogens with zero attached hydrogens (tertiary/aromatic N) is 4. The van der Waals surface area contributed by atoms with Crippen molar-refractivity contribution in [2.75, 3.05) is 22.9 Å². The van der Waals surface area contributed by atoms with Gasteiger partial charge in [-0.25, -0.2) is 5.84 Å². The second-order valence-corrected chi connectivity index (χ2v) is 8.13. The Labute approximate surface area is 226 Å². The van der Waals surface area contributed by atoms with Gasteiger partial charge in [-0.1, -0.05) is 0 Å². The van der Waals surface area contributed by atoms with E-state index in [-0.39, 0.29) is 42.7 Å². The number of nitrogens with two attached hydrogens (primary N) is 2. The molecule has 0 aliphatic carbocycles. The van der Waals surface area contributed by atoms with Crippen LogP contribution in [0.3, 0.4) is 0 Å². The van der Waals surface area contributed by atoms with Gasteiger partial charge in [-0.2, -0.15) is 0 Å². The van der Waals surface area contributed by atoms with E-state index in [2.05, 4.69) is 26.4 Å². The monoisotopic (exact) mass is 554 g/mol. The maximum absolute atomic E-state index is 12.9. The van der Waals surface area contributed by atoms with Gasteiger partial charge in [0.05, 0.1) is 29.4 Å². The topological polar surface area (TPSA) is 179 Å². The minimum atomic E-state index is -0.397. The number of aryl methyl sites for hydroxylation is 3. The molecule has 13 nitrogen and oxygen atoms in total. The van der Waals surface area contributed by atoms with Crippen molar-refractivity contribution in [3.05, 3.63) is 53.9 Å². The van der Waals surface area contributed by atoms with Gasteiger partial charge in [-0.15, -0.1) is 24.8 Å². The van der Waals surface area contributed by atoms with E-state index in [1.807, 2.05) is 6.92 Å². The van der Waals surface area contributed by atoms with Crippen molar-refractivity contribution < 1.29 is 14.4 Å². The van der Waals surface area contributed by atoms with Gasteiger partial charge < -0.3 is 40.8 Å². The number of amides is 3. The molecule has 0 saturated carbocycles. The van der Waals surface area contributed by atoms with Crippen LogP contribution in [0.2, 0.25) is 0 Å². The van der Waals surface area contributed by atoms with Gasteiger partial charge in [0, 0.05) is 46.3 Å². The van der Waals surface area contributed by atoms with Crippen molar-refractivity contribution in [1.82, 2.24) is 24.4 Å². The van der Waals surface area contributed by atoms with Gasteiger partial charge in [-0.3, -0.25) is 19.4 Å². The molecular formula is C22H32Cl2N10O3. The Morgan fingerprint density at radius 1 is 0.865 bits per heavy atom. The fourth-order valence-corrected chi connectivity index (χ4v) is 3.48. The first-order valence-electron chi connectivity index (χ1n) is 10.7. The van der Waals surface area contributed by atoms with Crippen molar-refractivity contribution in [2.24, 2.45) is 32.0 Å². The maximum atomic E-state index is 12.9. The van der Waals surface area contributed by atoms with Gasteiger partial charge in [-0.05, 0) is 25.1 Å². The molecule has 0 bridgehead atoms. The largest absolute Gasteiger partial charge is 0.397 e. The van der Waals surface area contributed by atoms with Crippen molar-refractivity contribution in [2.45, 2.75) is 13.0 Å². The van der Waals surface area contributed by atoms with E-state index in [1.165, 1.54) is 6.34 Å². The van der Waals surface area contributed by atoms with Crippen LogP contribution in [0.15, 0.2) is 41.8 Å². The van der Waals surface area contributed by atoms with Crippen LogP contribution in [0, 0.1) is 0 Å². The first-order chi connectivity index (χ1) is 16.6. The van der Waals surface area contributed by atoms with Crippen LogP contribution in [-0.2, 0) is 21.1 Å². The van der Waals surface area contributed by atoms with Gasteiger partial charge in [0.2, 0.25) is 0 Å². The Morgan fingerprint density at radius 3 is 1.78 bits per heavy atom. The molecule has 0 fully saturated rings. The standard InChI is InChI=1S/C22H30N10O3.2ClH/c1-13(26-12-27-24)8-25-20(33)18-6-15(10-31(18)3)29-22(35)19-7-16(11-32(19)4)28-21(34)17-5-14(23)9-30(17)2;;/h5-7,9-13H,8,23-24H2,1-4H3,(H,25,33)(H,26,27)(H,28,34)(H,29,35);2*1H. The zero-order valence-electron chi connectivity index (χ0n) is 20.8. The summed E-state index contributed by atoms with van der Waals surface area (Å²) in [6.07, 6.45) is 6.26. The highest BCUT2D eigenvalue weighted by molar-refractivity contribution is 6.07. The Balaban J connectivity index is 0.00000342. The molecule has 0 aromatic carbocycles. The second-order valence-electron chi connectivity index (χ2n) is 8.13. The Hall–Kier alpha value is -3.94. The fourth-order valence-electron chi connectivity index (χ4n) is 3.48. The molecule has 0 aliphatic heterocycles. The van der Waals surface area contributed by atoms with E-state index < -0.39 is 5.91 Å². The second kappa shape index (κ2) is 13.4. The fraction of sp³-hybridized carbons (Fsp3) is 0.273. The molecule has 0 radical (unpaired) electrons. The minimum Gasteiger partial charge on any atom is -0.397 e. The molecule has 0 spiro atoms. The third-order valence-electron chi connectivity index (χ3n) is 5.21. The Morgan fingerprint density at radius 2 is 1.32 bits per heavy atom. The molecule has 3 aromatic heterocycles. The van der Waals surface area contributed by atoms with Crippen molar-refractivity contribution in [3.8, 4) is 0 Å². The first kappa shape index (κ1) is 31.1. The lowest BCUT2D eigenvalue weighted by Gasteiger charge is -2.08. The average molecular weight is 555 g/mol. The maximum Gasteiger partial charge on any atom is 0.272 e. The molecule has 0 aliphatic rings. The summed E-state index contributed by atoms with van der Waals surface area (Å²) in [6.45, 7) is 2.15. The summed E-state index contributed by atoms with van der Waals surface area (Å²) in [5, 5.41) is 8.33. The number of aliphatic imine (C=N–C) groups is 1. The summed E-state index contributed by atoms with van der Waals surface area (Å²) < 4.78 is 4.83. The number of hydrogen-bond acceptors (Lipinski definition) is 6. The zero-order chi connectivity index (χ0) is 25.7. The van der Waals surface area contributed by atoms with Crippen LogP contribution in [0.1, 0.15) is 38.4 Å². The lowest BCUT2D eigenvalue weighted by atomic mass is 10.3. The summed E-state index contributed by atoms with van der Waals surface area (Å²) >= 11 is 0. The lowest BCUT2D eigenvalue weighted by Crippen LogP contribution is -2.32. The van der Waals surface area contributed by atoms with Crippen LogP contribution >= 0.6 is 24.8 Å². The number of halogens is 2. The van der Waals surface area contributed by atoms with E-state index in [0.717, 1.165) is 0 Å². The Bertz CT molecular complexity index is 1280. The smallest absolute Gasteiger partial charge is 0.272 e. The number of hydrogen-bond donors (Lipinski definition) is 6. The number of carbonyl (C=O) groups excluding carboxylic acids is 3. The van der Waals surface area contributed by atoms with Crippen LogP contribution in [0.25, 0.3) is 0 Å². The molecule has 3 aromatic rings. The van der Waals surface area contributed by atoms with Crippen molar-refractivity contribution in [3.63, 3.8) is 0 Å². The molecule has 15 heteroatoms. The lowest BCUT2D eigenvalue weighted by molar-refractivity contribution is 0.0942. The van der Waals surface area contributed by atoms with Crippen molar-refractivity contribution >= 4 is 65.9 Å². The molecular weight excluding hydrogens is 523 g/mol. The summed E-state index contributed by atoms with van der Waals surface area (Å²) in [7, 11) is 5.12. The number of aromatic nitrogens is 3. The van der Waals surface area contributed by atoms with E-state index in [9.17, 15) is 14.4 Å². The van der Waals surface area contributed by atoms with Gasteiger partial charge >= 0.3 is 0 Å². The first-order valence-corrected chi connectivity index (χ1v) is 10.7. The summed E-state index contributed by atoms with van der Waals surface area (Å²) in [6, 6.07) is 4.54. The van der Waals surface area contributed by atoms with E-state index in [4.69, 9.17) is 11.6 Å². The van der Waals surface area contributed by atoms with Gasteiger partial charge in [0.15, 0.2) is 0 Å². The average Bonchev–Trinajstić information content (AvgIpc) is 3.46. The number of rotatable bonds is 9. The van der Waals surface area contributed by atoms with Gasteiger partial charge in [0.1, 0.15) is 17.1 Å². The molecule has 3 heterocycles. The molecule has 3 amide bonds. The predicted molar refractivity (Wildman–Crippen MR) is 149 cm³/mol. The summed E-state index contributed by atoms with van der Waals surface area (Å²) in [5.74, 6) is 4.09. The molecule has 1 atom stereocenters. The van der Waals surface area contributed by atoms with E-state index in [1.54, 1.807) is 71.6 Å². The predicted octanol–water partition coefficient (Wildman–Crippen LogP) is 1.24. The van der Waals surface area contributed by atoms with Crippen LogP contribution < -0.4 is 33.0 Å². The number of anilines is 3. The zero-order valence-corrected chi connectivity index (χ0v) is 22.4. The third kappa shape index (κ3) is 7.77. The van der Waals surface area contributed by atoms with E-state index >= 15 is 0 Å². The summed E-state index contributed by atoms with van der Waals surface area (Å²) in [5.41, 5.74) is 10.5. The number of nitrogens with one attached hydrogen (secondary N) is 4. The SMILES string of the molecule is CC(CNC(=O)c1cc(NC(=O)c2cc(NC(=O)c3cc(N)cn3C)cn2C)cn1C)N=CNN.Cl.Cl. The number of carbonyl (C=O) groups is 3. The summed E-state index contributed by atoms with van der Waals surface area (Å²) in [4.78, 5) is 42.0. The normalized spacial score (nSPS) is 11.3. The van der Waals surface area contributed by atoms with Crippen LogP contribution in [0.5, 0.6) is 0 Å². The molecule has 37 heavy (non-hydrogen) atoms. The van der Waals surface area contributed by atoms with Crippen LogP contribution in [0.4, 0.5) is 17.1 Å². The van der Waals surface area contributed by atoms with E-state index in [0.29, 0.717) is 40.7 Å². The number of nitrogen functional groups attached to an aromatic ring is 1. The number of hydrazine groups is 1. The van der Waals surface area contributed by atoms with Crippen molar-refractivity contribution in [1.29, 1.82) is 0 Å². The Kier molecular flexibility index (Phi) is 11.3. The molecule has 202 valence electrons. The molecule has 8 N–H and O–H groups in total. The molecule has 3 rings (SSSR count). The highest BCUT2D eigenvalue weighted by Gasteiger charge is 2.18. The minimum absolute atomic E-state index is 0. The highest BCUT2D eigenvalue weighted by atomic mass is 35.5. The molecule has 0 saturated heterocycles. The molecule has 1 unspecified atom stereocenters. The quantitative estimate of drug-likeness (QED) is 0.100. The highest BCUT2D eigenvalue weighted by Crippen LogP contribution is 2.19. The third-order valence-corrected chi connectivity index (χ3v) is 5.21. The van der Waals surface area contributed by atoms with Gasteiger partial charge in [0.25, 0.3) is 17.7 Å².